The van der Waals surface area contributed by atoms with Crippen LogP contribution in [0.3, 0.4) is 0 Å². The zero-order valence-corrected chi connectivity index (χ0v) is 10.0. The highest BCUT2D eigenvalue weighted by molar-refractivity contribution is 5.40. The molecule has 2 aromatic rings. The SMILES string of the molecule is Cc1ccn2nc(C(CN)C(C)C)nc2c1. The van der Waals surface area contributed by atoms with Crippen LogP contribution in [0.5, 0.6) is 0 Å². The maximum atomic E-state index is 5.77. The summed E-state index contributed by atoms with van der Waals surface area (Å²) in [6.45, 7) is 6.94. The maximum Gasteiger partial charge on any atom is 0.156 e. The van der Waals surface area contributed by atoms with E-state index in [1.54, 1.807) is 0 Å². The second-order valence-electron chi connectivity index (χ2n) is 4.56. The Morgan fingerprint density at radius 2 is 2.19 bits per heavy atom. The number of aromatic nitrogens is 3. The van der Waals surface area contributed by atoms with Gasteiger partial charge >= 0.3 is 0 Å². The molecule has 2 aromatic heterocycles. The summed E-state index contributed by atoms with van der Waals surface area (Å²) < 4.78 is 1.81. The molecule has 0 aromatic carbocycles. The molecular weight excluding hydrogens is 200 g/mol. The minimum absolute atomic E-state index is 0.236. The fourth-order valence-corrected chi connectivity index (χ4v) is 1.83. The fourth-order valence-electron chi connectivity index (χ4n) is 1.83. The van der Waals surface area contributed by atoms with Crippen LogP contribution >= 0.6 is 0 Å². The third kappa shape index (κ3) is 1.93. The van der Waals surface area contributed by atoms with Gasteiger partial charge in [-0.3, -0.25) is 0 Å². The molecule has 2 rings (SSSR count). The number of hydrogen-bond donors (Lipinski definition) is 1. The van der Waals surface area contributed by atoms with Gasteiger partial charge in [-0.2, -0.15) is 5.10 Å². The van der Waals surface area contributed by atoms with E-state index in [0.29, 0.717) is 12.5 Å². The molecule has 0 spiro atoms. The molecule has 4 heteroatoms. The highest BCUT2D eigenvalue weighted by Crippen LogP contribution is 2.20. The topological polar surface area (TPSA) is 56.2 Å². The zero-order chi connectivity index (χ0) is 11.7. The summed E-state index contributed by atoms with van der Waals surface area (Å²) in [6, 6.07) is 4.06. The summed E-state index contributed by atoms with van der Waals surface area (Å²) in [5.74, 6) is 1.55. The van der Waals surface area contributed by atoms with Gasteiger partial charge in [-0.25, -0.2) is 9.50 Å². The lowest BCUT2D eigenvalue weighted by Gasteiger charge is -2.14. The van der Waals surface area contributed by atoms with Gasteiger partial charge in [-0.05, 0) is 30.5 Å². The molecule has 4 nitrogen and oxygen atoms in total. The van der Waals surface area contributed by atoms with E-state index in [0.717, 1.165) is 11.5 Å². The molecule has 0 aliphatic heterocycles. The summed E-state index contributed by atoms with van der Waals surface area (Å²) in [6.07, 6.45) is 1.94. The van der Waals surface area contributed by atoms with Crippen LogP contribution in [-0.4, -0.2) is 21.1 Å². The normalized spacial score (nSPS) is 13.6. The fraction of sp³-hybridized carbons (Fsp3) is 0.500. The lowest BCUT2D eigenvalue weighted by atomic mass is 9.95. The van der Waals surface area contributed by atoms with Crippen molar-refractivity contribution in [1.29, 1.82) is 0 Å². The van der Waals surface area contributed by atoms with Gasteiger partial charge in [0.1, 0.15) is 0 Å². The molecule has 0 bridgehead atoms. The average molecular weight is 218 g/mol. The quantitative estimate of drug-likeness (QED) is 0.853. The van der Waals surface area contributed by atoms with Crippen LogP contribution in [-0.2, 0) is 0 Å². The number of aryl methyl sites for hydroxylation is 1. The van der Waals surface area contributed by atoms with Gasteiger partial charge in [0.2, 0.25) is 0 Å². The van der Waals surface area contributed by atoms with Crippen LogP contribution in [0.15, 0.2) is 18.3 Å². The lowest BCUT2D eigenvalue weighted by Crippen LogP contribution is -2.19. The Hall–Kier alpha value is -1.42. The first kappa shape index (κ1) is 11.1. The van der Waals surface area contributed by atoms with Crippen molar-refractivity contribution < 1.29 is 0 Å². The van der Waals surface area contributed by atoms with Gasteiger partial charge in [0.15, 0.2) is 11.5 Å². The molecule has 0 saturated carbocycles. The molecule has 0 aliphatic rings. The first-order valence-electron chi connectivity index (χ1n) is 5.65. The Bertz CT molecular complexity index is 487. The molecule has 2 N–H and O–H groups in total. The van der Waals surface area contributed by atoms with Gasteiger partial charge in [0.05, 0.1) is 0 Å². The smallest absolute Gasteiger partial charge is 0.156 e. The van der Waals surface area contributed by atoms with Crippen LogP contribution in [0, 0.1) is 12.8 Å². The van der Waals surface area contributed by atoms with Gasteiger partial charge < -0.3 is 5.73 Å². The Labute approximate surface area is 95.5 Å². The van der Waals surface area contributed by atoms with E-state index >= 15 is 0 Å². The lowest BCUT2D eigenvalue weighted by molar-refractivity contribution is 0.483. The molecule has 1 atom stereocenters. The molecule has 0 aliphatic carbocycles. The number of fused-ring (bicyclic) bond motifs is 1. The van der Waals surface area contributed by atoms with Gasteiger partial charge in [-0.15, -0.1) is 0 Å². The molecule has 0 radical (unpaired) electrons. The van der Waals surface area contributed by atoms with E-state index in [9.17, 15) is 0 Å². The molecule has 0 saturated heterocycles. The standard InChI is InChI=1S/C12H18N4/c1-8(2)10(7-13)12-14-11-6-9(3)4-5-16(11)15-12/h4-6,8,10H,7,13H2,1-3H3. The van der Waals surface area contributed by atoms with Crippen molar-refractivity contribution in [3.8, 4) is 0 Å². The Balaban J connectivity index is 2.45. The Morgan fingerprint density at radius 1 is 1.44 bits per heavy atom. The van der Waals surface area contributed by atoms with Crippen molar-refractivity contribution in [3.05, 3.63) is 29.7 Å². The summed E-state index contributed by atoms with van der Waals surface area (Å²) >= 11 is 0. The van der Waals surface area contributed by atoms with Crippen molar-refractivity contribution in [2.24, 2.45) is 11.7 Å². The van der Waals surface area contributed by atoms with Crippen LogP contribution < -0.4 is 5.73 Å². The minimum Gasteiger partial charge on any atom is -0.330 e. The molecular formula is C12H18N4. The molecule has 0 amide bonds. The summed E-state index contributed by atoms with van der Waals surface area (Å²) in [4.78, 5) is 4.54. The minimum atomic E-state index is 0.236. The Morgan fingerprint density at radius 3 is 2.81 bits per heavy atom. The monoisotopic (exact) mass is 218 g/mol. The van der Waals surface area contributed by atoms with Crippen LogP contribution in [0.2, 0.25) is 0 Å². The van der Waals surface area contributed by atoms with E-state index in [-0.39, 0.29) is 5.92 Å². The van der Waals surface area contributed by atoms with Gasteiger partial charge in [-0.1, -0.05) is 13.8 Å². The van der Waals surface area contributed by atoms with Crippen molar-refractivity contribution in [2.45, 2.75) is 26.7 Å². The van der Waals surface area contributed by atoms with Crippen LogP contribution in [0.1, 0.15) is 31.2 Å². The maximum absolute atomic E-state index is 5.77. The van der Waals surface area contributed by atoms with Crippen LogP contribution in [0.25, 0.3) is 5.65 Å². The van der Waals surface area contributed by atoms with Gasteiger partial charge in [0, 0.05) is 18.7 Å². The number of rotatable bonds is 3. The van der Waals surface area contributed by atoms with E-state index in [1.807, 2.05) is 22.8 Å². The van der Waals surface area contributed by atoms with Crippen molar-refractivity contribution >= 4 is 5.65 Å². The molecule has 86 valence electrons. The number of nitrogens with two attached hydrogens (primary N) is 1. The van der Waals surface area contributed by atoms with Crippen LogP contribution in [0.4, 0.5) is 0 Å². The van der Waals surface area contributed by atoms with Gasteiger partial charge in [0.25, 0.3) is 0 Å². The summed E-state index contributed by atoms with van der Waals surface area (Å²) in [7, 11) is 0. The summed E-state index contributed by atoms with van der Waals surface area (Å²) in [5, 5.41) is 4.47. The number of nitrogens with zero attached hydrogens (tertiary/aromatic N) is 3. The third-order valence-electron chi connectivity index (χ3n) is 2.90. The average Bonchev–Trinajstić information content (AvgIpc) is 2.60. The first-order chi connectivity index (χ1) is 7.61. The van der Waals surface area contributed by atoms with E-state index in [2.05, 4.69) is 30.9 Å². The Kier molecular flexibility index (Phi) is 2.92. The van der Waals surface area contributed by atoms with E-state index in [1.165, 1.54) is 5.56 Å². The van der Waals surface area contributed by atoms with E-state index in [4.69, 9.17) is 5.73 Å². The van der Waals surface area contributed by atoms with Crippen molar-refractivity contribution in [3.63, 3.8) is 0 Å². The second kappa shape index (κ2) is 4.22. The second-order valence-corrected chi connectivity index (χ2v) is 4.56. The predicted molar refractivity (Wildman–Crippen MR) is 64.4 cm³/mol. The highest BCUT2D eigenvalue weighted by atomic mass is 15.3. The third-order valence-corrected chi connectivity index (χ3v) is 2.90. The number of pyridine rings is 1. The van der Waals surface area contributed by atoms with Crippen molar-refractivity contribution in [2.75, 3.05) is 6.54 Å². The molecule has 2 heterocycles. The highest BCUT2D eigenvalue weighted by Gasteiger charge is 2.18. The zero-order valence-electron chi connectivity index (χ0n) is 10.0. The molecule has 1 unspecified atom stereocenters. The predicted octanol–water partition coefficient (Wildman–Crippen LogP) is 1.74. The molecule has 16 heavy (non-hydrogen) atoms. The first-order valence-corrected chi connectivity index (χ1v) is 5.65. The number of hydrogen-bond acceptors (Lipinski definition) is 3. The largest absolute Gasteiger partial charge is 0.330 e. The van der Waals surface area contributed by atoms with E-state index < -0.39 is 0 Å². The molecule has 0 fully saturated rings. The van der Waals surface area contributed by atoms with Crippen molar-refractivity contribution in [1.82, 2.24) is 14.6 Å². The summed E-state index contributed by atoms with van der Waals surface area (Å²) in [5.41, 5.74) is 7.86.